The van der Waals surface area contributed by atoms with Crippen molar-refractivity contribution in [3.05, 3.63) is 29.3 Å². The zero-order valence-electron chi connectivity index (χ0n) is 10.7. The summed E-state index contributed by atoms with van der Waals surface area (Å²) >= 11 is 6.12. The lowest BCUT2D eigenvalue weighted by molar-refractivity contribution is 0.194. The standard InChI is InChI=1S/C14H22ClN3/c15-13-3-1-2-4-14(13)17-11-12-5-8-18(9-6-12)10-7-16/h1-4,12,17H,5-11,16H2. The van der Waals surface area contributed by atoms with E-state index in [9.17, 15) is 0 Å². The van der Waals surface area contributed by atoms with Crippen molar-refractivity contribution in [3.8, 4) is 0 Å². The van der Waals surface area contributed by atoms with Crippen LogP contribution in [-0.4, -0.2) is 37.6 Å². The third-order valence-corrected chi connectivity index (χ3v) is 3.94. The van der Waals surface area contributed by atoms with Crippen molar-refractivity contribution in [3.63, 3.8) is 0 Å². The molecule has 0 spiro atoms. The molecule has 1 heterocycles. The minimum atomic E-state index is 0.746. The lowest BCUT2D eigenvalue weighted by Crippen LogP contribution is -2.38. The average Bonchev–Trinajstić information content (AvgIpc) is 2.40. The van der Waals surface area contributed by atoms with Crippen LogP contribution in [0.4, 0.5) is 5.69 Å². The second-order valence-electron chi connectivity index (χ2n) is 4.93. The van der Waals surface area contributed by atoms with Crippen LogP contribution in [0.5, 0.6) is 0 Å². The number of likely N-dealkylation sites (tertiary alicyclic amines) is 1. The molecular weight excluding hydrogens is 246 g/mol. The van der Waals surface area contributed by atoms with E-state index in [4.69, 9.17) is 17.3 Å². The summed E-state index contributed by atoms with van der Waals surface area (Å²) in [5, 5.41) is 4.26. The number of benzene rings is 1. The van der Waals surface area contributed by atoms with E-state index in [1.54, 1.807) is 0 Å². The highest BCUT2D eigenvalue weighted by molar-refractivity contribution is 6.33. The van der Waals surface area contributed by atoms with Crippen LogP contribution in [0.25, 0.3) is 0 Å². The molecule has 0 aliphatic carbocycles. The summed E-state index contributed by atoms with van der Waals surface area (Å²) in [6.45, 7) is 5.16. The number of nitrogens with two attached hydrogens (primary N) is 1. The van der Waals surface area contributed by atoms with E-state index < -0.39 is 0 Å². The molecule has 1 aliphatic heterocycles. The van der Waals surface area contributed by atoms with E-state index >= 15 is 0 Å². The maximum atomic E-state index is 6.12. The minimum Gasteiger partial charge on any atom is -0.384 e. The van der Waals surface area contributed by atoms with E-state index in [-0.39, 0.29) is 0 Å². The van der Waals surface area contributed by atoms with Gasteiger partial charge in [-0.2, -0.15) is 0 Å². The van der Waals surface area contributed by atoms with Crippen LogP contribution in [0.1, 0.15) is 12.8 Å². The van der Waals surface area contributed by atoms with Crippen LogP contribution in [0, 0.1) is 5.92 Å². The highest BCUT2D eigenvalue weighted by Gasteiger charge is 2.18. The summed E-state index contributed by atoms with van der Waals surface area (Å²) in [5.74, 6) is 0.746. The van der Waals surface area contributed by atoms with Crippen molar-refractivity contribution in [2.24, 2.45) is 11.7 Å². The van der Waals surface area contributed by atoms with Gasteiger partial charge in [0.1, 0.15) is 0 Å². The molecule has 18 heavy (non-hydrogen) atoms. The number of halogens is 1. The number of hydrogen-bond donors (Lipinski definition) is 2. The van der Waals surface area contributed by atoms with Crippen molar-refractivity contribution in [2.75, 3.05) is 38.0 Å². The van der Waals surface area contributed by atoms with Gasteiger partial charge >= 0.3 is 0 Å². The molecule has 3 nitrogen and oxygen atoms in total. The average molecular weight is 268 g/mol. The molecule has 3 N–H and O–H groups in total. The first-order valence-electron chi connectivity index (χ1n) is 6.70. The summed E-state index contributed by atoms with van der Waals surface area (Å²) in [4.78, 5) is 2.45. The molecule has 1 aromatic rings. The Bertz CT molecular complexity index is 362. The Morgan fingerprint density at radius 3 is 2.67 bits per heavy atom. The maximum absolute atomic E-state index is 6.12. The Morgan fingerprint density at radius 1 is 1.28 bits per heavy atom. The van der Waals surface area contributed by atoms with Gasteiger partial charge in [-0.1, -0.05) is 23.7 Å². The number of rotatable bonds is 5. The Labute approximate surface area is 114 Å². The Balaban J connectivity index is 1.74. The van der Waals surface area contributed by atoms with Gasteiger partial charge in [0, 0.05) is 19.6 Å². The Kier molecular flexibility index (Phi) is 5.29. The van der Waals surface area contributed by atoms with Crippen molar-refractivity contribution in [2.45, 2.75) is 12.8 Å². The highest BCUT2D eigenvalue weighted by Crippen LogP contribution is 2.23. The van der Waals surface area contributed by atoms with Crippen LogP contribution < -0.4 is 11.1 Å². The molecular formula is C14H22ClN3. The SMILES string of the molecule is NCCN1CCC(CNc2ccccc2Cl)CC1. The molecule has 100 valence electrons. The molecule has 0 amide bonds. The van der Waals surface area contributed by atoms with E-state index in [2.05, 4.69) is 10.2 Å². The Hall–Kier alpha value is -0.770. The predicted molar refractivity (Wildman–Crippen MR) is 78.2 cm³/mol. The van der Waals surface area contributed by atoms with Crippen LogP contribution in [0.2, 0.25) is 5.02 Å². The predicted octanol–water partition coefficient (Wildman–Crippen LogP) is 2.42. The monoisotopic (exact) mass is 267 g/mol. The number of piperidine rings is 1. The summed E-state index contributed by atoms with van der Waals surface area (Å²) in [6.07, 6.45) is 2.49. The van der Waals surface area contributed by atoms with Gasteiger partial charge in [-0.15, -0.1) is 0 Å². The molecule has 0 bridgehead atoms. The first-order valence-corrected chi connectivity index (χ1v) is 7.08. The highest BCUT2D eigenvalue weighted by atomic mass is 35.5. The molecule has 0 radical (unpaired) electrons. The van der Waals surface area contributed by atoms with Gasteiger partial charge in [0.25, 0.3) is 0 Å². The van der Waals surface area contributed by atoms with Crippen molar-refractivity contribution < 1.29 is 0 Å². The first-order chi connectivity index (χ1) is 8.79. The van der Waals surface area contributed by atoms with Gasteiger partial charge in [0.05, 0.1) is 10.7 Å². The summed E-state index contributed by atoms with van der Waals surface area (Å²) in [6, 6.07) is 7.93. The van der Waals surface area contributed by atoms with E-state index in [1.165, 1.54) is 25.9 Å². The molecule has 1 fully saturated rings. The van der Waals surface area contributed by atoms with E-state index in [0.29, 0.717) is 0 Å². The third-order valence-electron chi connectivity index (χ3n) is 3.61. The Morgan fingerprint density at radius 2 is 2.00 bits per heavy atom. The number of para-hydroxylation sites is 1. The van der Waals surface area contributed by atoms with Crippen molar-refractivity contribution >= 4 is 17.3 Å². The molecule has 2 rings (SSSR count). The number of nitrogens with one attached hydrogen (secondary N) is 1. The molecule has 0 unspecified atom stereocenters. The quantitative estimate of drug-likeness (QED) is 0.861. The maximum Gasteiger partial charge on any atom is 0.0637 e. The second-order valence-corrected chi connectivity index (χ2v) is 5.34. The summed E-state index contributed by atoms with van der Waals surface area (Å²) in [5.41, 5.74) is 6.62. The lowest BCUT2D eigenvalue weighted by atomic mass is 9.96. The second kappa shape index (κ2) is 6.98. The van der Waals surface area contributed by atoms with E-state index in [0.717, 1.165) is 36.3 Å². The number of anilines is 1. The molecule has 0 saturated carbocycles. The molecule has 1 saturated heterocycles. The van der Waals surface area contributed by atoms with E-state index in [1.807, 2.05) is 24.3 Å². The van der Waals surface area contributed by atoms with Crippen LogP contribution >= 0.6 is 11.6 Å². The number of nitrogens with zero attached hydrogens (tertiary/aromatic N) is 1. The molecule has 0 atom stereocenters. The molecule has 1 aliphatic rings. The fraction of sp³-hybridized carbons (Fsp3) is 0.571. The van der Waals surface area contributed by atoms with Crippen molar-refractivity contribution in [1.29, 1.82) is 0 Å². The van der Waals surface area contributed by atoms with Gasteiger partial charge in [-0.3, -0.25) is 0 Å². The largest absolute Gasteiger partial charge is 0.384 e. The fourth-order valence-electron chi connectivity index (χ4n) is 2.46. The normalized spacial score (nSPS) is 17.9. The zero-order chi connectivity index (χ0) is 12.8. The summed E-state index contributed by atoms with van der Waals surface area (Å²) in [7, 11) is 0. The van der Waals surface area contributed by atoms with Gasteiger partial charge in [0.15, 0.2) is 0 Å². The lowest BCUT2D eigenvalue weighted by Gasteiger charge is -2.31. The fourth-order valence-corrected chi connectivity index (χ4v) is 2.66. The molecule has 1 aromatic carbocycles. The van der Waals surface area contributed by atoms with Crippen LogP contribution in [0.3, 0.4) is 0 Å². The van der Waals surface area contributed by atoms with Gasteiger partial charge in [0.2, 0.25) is 0 Å². The number of hydrogen-bond acceptors (Lipinski definition) is 3. The van der Waals surface area contributed by atoms with Gasteiger partial charge in [-0.25, -0.2) is 0 Å². The van der Waals surface area contributed by atoms with Gasteiger partial charge in [-0.05, 0) is 44.0 Å². The van der Waals surface area contributed by atoms with Crippen LogP contribution in [-0.2, 0) is 0 Å². The minimum absolute atomic E-state index is 0.746. The first kappa shape index (κ1) is 13.7. The van der Waals surface area contributed by atoms with Gasteiger partial charge < -0.3 is 16.0 Å². The molecule has 0 aromatic heterocycles. The van der Waals surface area contributed by atoms with Crippen LogP contribution in [0.15, 0.2) is 24.3 Å². The summed E-state index contributed by atoms with van der Waals surface area (Å²) < 4.78 is 0. The topological polar surface area (TPSA) is 41.3 Å². The smallest absolute Gasteiger partial charge is 0.0637 e. The van der Waals surface area contributed by atoms with Crippen molar-refractivity contribution in [1.82, 2.24) is 4.90 Å². The molecule has 4 heteroatoms. The third kappa shape index (κ3) is 3.87. The zero-order valence-corrected chi connectivity index (χ0v) is 11.5.